The van der Waals surface area contributed by atoms with E-state index in [0.717, 1.165) is 10.9 Å². The third-order valence-corrected chi connectivity index (χ3v) is 6.10. The van der Waals surface area contributed by atoms with Crippen molar-refractivity contribution in [1.29, 1.82) is 0 Å². The van der Waals surface area contributed by atoms with Gasteiger partial charge in [-0.3, -0.25) is 4.79 Å². The van der Waals surface area contributed by atoms with Crippen molar-refractivity contribution in [3.63, 3.8) is 0 Å². The molecule has 3 aromatic rings. The molecular weight excluding hydrogens is 484 g/mol. The normalized spacial score (nSPS) is 17.7. The SMILES string of the molecule is CC(C)(C)c1ccc([C@H]2C[C@@H]2C(=O)N/N=C/c2cc(Br)ccc2OC(=O)c2ccco2)cc1. The van der Waals surface area contributed by atoms with Crippen molar-refractivity contribution in [3.8, 4) is 5.75 Å². The summed E-state index contributed by atoms with van der Waals surface area (Å²) in [5.74, 6) is -0.212. The molecule has 170 valence electrons. The third-order valence-electron chi connectivity index (χ3n) is 5.61. The number of rotatable bonds is 6. The number of carbonyl (C=O) groups excluding carboxylic acids is 2. The van der Waals surface area contributed by atoms with Gasteiger partial charge in [-0.25, -0.2) is 10.2 Å². The molecule has 6 nitrogen and oxygen atoms in total. The molecule has 7 heteroatoms. The molecule has 1 aromatic heterocycles. The molecule has 0 bridgehead atoms. The van der Waals surface area contributed by atoms with E-state index >= 15 is 0 Å². The number of halogens is 1. The van der Waals surface area contributed by atoms with Crippen molar-refractivity contribution in [2.75, 3.05) is 0 Å². The Morgan fingerprint density at radius 3 is 2.58 bits per heavy atom. The molecule has 0 unspecified atom stereocenters. The summed E-state index contributed by atoms with van der Waals surface area (Å²) in [6.45, 7) is 6.55. The van der Waals surface area contributed by atoms with Crippen LogP contribution < -0.4 is 10.2 Å². The summed E-state index contributed by atoms with van der Waals surface area (Å²) in [4.78, 5) is 24.8. The largest absolute Gasteiger partial charge is 0.457 e. The lowest BCUT2D eigenvalue weighted by Gasteiger charge is -2.19. The summed E-state index contributed by atoms with van der Waals surface area (Å²) in [5, 5.41) is 4.09. The number of nitrogens with zero attached hydrogens (tertiary/aromatic N) is 1. The summed E-state index contributed by atoms with van der Waals surface area (Å²) in [6.07, 6.45) is 3.67. The van der Waals surface area contributed by atoms with Crippen molar-refractivity contribution < 1.29 is 18.7 Å². The van der Waals surface area contributed by atoms with Crippen LogP contribution in [0.4, 0.5) is 0 Å². The molecule has 1 fully saturated rings. The molecule has 1 aliphatic carbocycles. The average molecular weight is 509 g/mol. The number of nitrogens with one attached hydrogen (secondary N) is 1. The van der Waals surface area contributed by atoms with Gasteiger partial charge < -0.3 is 9.15 Å². The van der Waals surface area contributed by atoms with Crippen LogP contribution >= 0.6 is 15.9 Å². The van der Waals surface area contributed by atoms with Gasteiger partial charge in [-0.15, -0.1) is 0 Å². The highest BCUT2D eigenvalue weighted by Gasteiger charge is 2.44. The second kappa shape index (κ2) is 9.35. The number of amides is 1. The van der Waals surface area contributed by atoms with Gasteiger partial charge in [0, 0.05) is 16.0 Å². The molecule has 1 N–H and O–H groups in total. The Morgan fingerprint density at radius 2 is 1.91 bits per heavy atom. The lowest BCUT2D eigenvalue weighted by atomic mass is 9.86. The minimum Gasteiger partial charge on any atom is -0.457 e. The standard InChI is InChI=1S/C26H25BrN2O4/c1-26(2,3)18-8-6-16(7-9-18)20-14-21(20)24(30)29-28-15-17-13-19(27)10-11-22(17)33-25(31)23-5-4-12-32-23/h4-13,15,20-21H,14H2,1-3H3,(H,29,30)/b28-15+/t20-,21+/m1/s1. The van der Waals surface area contributed by atoms with Gasteiger partial charge in [0.05, 0.1) is 12.5 Å². The molecule has 0 spiro atoms. The fraction of sp³-hybridized carbons (Fsp3) is 0.269. The molecule has 0 saturated heterocycles. The lowest BCUT2D eigenvalue weighted by molar-refractivity contribution is -0.122. The molecule has 33 heavy (non-hydrogen) atoms. The van der Waals surface area contributed by atoms with Crippen LogP contribution in [0.2, 0.25) is 0 Å². The number of hydrogen-bond acceptors (Lipinski definition) is 5. The van der Waals surface area contributed by atoms with Gasteiger partial charge in [-0.2, -0.15) is 5.10 Å². The summed E-state index contributed by atoms with van der Waals surface area (Å²) >= 11 is 3.40. The zero-order chi connectivity index (χ0) is 23.6. The second-order valence-corrected chi connectivity index (χ2v) is 10.0. The van der Waals surface area contributed by atoms with E-state index in [1.54, 1.807) is 24.3 Å². The van der Waals surface area contributed by atoms with Crippen LogP contribution in [0.3, 0.4) is 0 Å². The summed E-state index contributed by atoms with van der Waals surface area (Å²) < 4.78 is 11.3. The van der Waals surface area contributed by atoms with E-state index in [0.29, 0.717) is 11.3 Å². The molecule has 0 radical (unpaired) electrons. The fourth-order valence-corrected chi connectivity index (χ4v) is 3.97. The van der Waals surface area contributed by atoms with Crippen LogP contribution in [0.5, 0.6) is 5.75 Å². The van der Waals surface area contributed by atoms with Gasteiger partial charge >= 0.3 is 5.97 Å². The van der Waals surface area contributed by atoms with E-state index < -0.39 is 5.97 Å². The zero-order valence-electron chi connectivity index (χ0n) is 18.7. The number of benzene rings is 2. The Morgan fingerprint density at radius 1 is 1.15 bits per heavy atom. The average Bonchev–Trinajstić information content (AvgIpc) is 3.39. The number of ether oxygens (including phenoxy) is 1. The monoisotopic (exact) mass is 508 g/mol. The zero-order valence-corrected chi connectivity index (χ0v) is 20.3. The van der Waals surface area contributed by atoms with Crippen LogP contribution in [0.15, 0.2) is 74.9 Å². The molecule has 4 rings (SSSR count). The highest BCUT2D eigenvalue weighted by Crippen LogP contribution is 2.47. The lowest BCUT2D eigenvalue weighted by Crippen LogP contribution is -2.20. The van der Waals surface area contributed by atoms with Gasteiger partial charge in [-0.05, 0) is 59.2 Å². The first-order valence-electron chi connectivity index (χ1n) is 10.7. The van der Waals surface area contributed by atoms with E-state index in [-0.39, 0.29) is 28.9 Å². The first kappa shape index (κ1) is 23.0. The predicted molar refractivity (Wildman–Crippen MR) is 130 cm³/mol. The Hall–Kier alpha value is -3.19. The molecule has 2 aromatic carbocycles. The minimum atomic E-state index is -0.612. The highest BCUT2D eigenvalue weighted by molar-refractivity contribution is 9.10. The van der Waals surface area contributed by atoms with Gasteiger partial charge in [0.1, 0.15) is 5.75 Å². The smallest absolute Gasteiger partial charge is 0.379 e. The van der Waals surface area contributed by atoms with Gasteiger partial charge in [0.25, 0.3) is 0 Å². The van der Waals surface area contributed by atoms with Gasteiger partial charge in [0.15, 0.2) is 0 Å². The second-order valence-electron chi connectivity index (χ2n) is 9.10. The van der Waals surface area contributed by atoms with Crippen molar-refractivity contribution in [1.82, 2.24) is 5.43 Å². The molecule has 1 saturated carbocycles. The number of hydrazone groups is 1. The number of hydrogen-bond donors (Lipinski definition) is 1. The van der Waals surface area contributed by atoms with E-state index in [1.165, 1.54) is 29.7 Å². The van der Waals surface area contributed by atoms with Crippen LogP contribution in [0.25, 0.3) is 0 Å². The van der Waals surface area contributed by atoms with E-state index in [1.807, 2.05) is 0 Å². The van der Waals surface area contributed by atoms with Gasteiger partial charge in [-0.1, -0.05) is 61.0 Å². The Bertz CT molecular complexity index is 1180. The molecule has 0 aliphatic heterocycles. The molecule has 1 amide bonds. The van der Waals surface area contributed by atoms with Crippen molar-refractivity contribution in [2.45, 2.75) is 38.5 Å². The predicted octanol–water partition coefficient (Wildman–Crippen LogP) is 5.81. The summed E-state index contributed by atoms with van der Waals surface area (Å²) in [6, 6.07) is 16.8. The summed E-state index contributed by atoms with van der Waals surface area (Å²) in [7, 11) is 0. The van der Waals surface area contributed by atoms with E-state index in [9.17, 15) is 9.59 Å². The van der Waals surface area contributed by atoms with Crippen molar-refractivity contribution in [3.05, 3.63) is 87.8 Å². The molecule has 1 aliphatic rings. The van der Waals surface area contributed by atoms with Crippen LogP contribution in [-0.4, -0.2) is 18.1 Å². The maximum absolute atomic E-state index is 12.6. The maximum Gasteiger partial charge on any atom is 0.379 e. The third kappa shape index (κ3) is 5.60. The van der Waals surface area contributed by atoms with E-state index in [4.69, 9.17) is 9.15 Å². The minimum absolute atomic E-state index is 0.0959. The Labute approximate surface area is 201 Å². The molecule has 2 atom stereocenters. The van der Waals surface area contributed by atoms with Gasteiger partial charge in [0.2, 0.25) is 11.7 Å². The first-order valence-corrected chi connectivity index (χ1v) is 11.5. The number of furan rings is 1. The summed E-state index contributed by atoms with van der Waals surface area (Å²) in [5.41, 5.74) is 5.70. The number of esters is 1. The van der Waals surface area contributed by atoms with E-state index in [2.05, 4.69) is 71.5 Å². The van der Waals surface area contributed by atoms with Crippen LogP contribution in [-0.2, 0) is 10.2 Å². The molecular formula is C26H25BrN2O4. The quantitative estimate of drug-likeness (QED) is 0.197. The molecule has 1 heterocycles. The van der Waals surface area contributed by atoms with Crippen molar-refractivity contribution in [2.24, 2.45) is 11.0 Å². The highest BCUT2D eigenvalue weighted by atomic mass is 79.9. The Balaban J connectivity index is 1.37. The maximum atomic E-state index is 12.6. The van der Waals surface area contributed by atoms with Crippen LogP contribution in [0, 0.1) is 5.92 Å². The fourth-order valence-electron chi connectivity index (χ4n) is 3.59. The number of carbonyl (C=O) groups is 2. The van der Waals surface area contributed by atoms with Crippen molar-refractivity contribution >= 4 is 34.0 Å². The topological polar surface area (TPSA) is 80.9 Å². The Kier molecular flexibility index (Phi) is 6.51. The first-order chi connectivity index (χ1) is 15.7. The van der Waals surface area contributed by atoms with Crippen LogP contribution in [0.1, 0.15) is 60.4 Å².